The van der Waals surface area contributed by atoms with Crippen molar-refractivity contribution >= 4 is 5.97 Å². The van der Waals surface area contributed by atoms with Gasteiger partial charge in [-0.25, -0.2) is 8.78 Å². The van der Waals surface area contributed by atoms with E-state index in [0.717, 1.165) is 0 Å². The molecule has 4 nitrogen and oxygen atoms in total. The van der Waals surface area contributed by atoms with Gasteiger partial charge in [0, 0.05) is 17.2 Å². The van der Waals surface area contributed by atoms with E-state index in [9.17, 15) is 22.8 Å². The maximum atomic E-state index is 13.0. The van der Waals surface area contributed by atoms with Gasteiger partial charge in [-0.1, -0.05) is 0 Å². The molecule has 0 bridgehead atoms. The number of carbonyl (C=O) groups is 1. The summed E-state index contributed by atoms with van der Waals surface area (Å²) < 4.78 is 37.6. The molecule has 0 aliphatic heterocycles. The molecule has 0 radical (unpaired) electrons. The van der Waals surface area contributed by atoms with Gasteiger partial charge >= 0.3 is 5.97 Å². The first-order valence-electron chi connectivity index (χ1n) is 3.83. The number of carboxylic acids is 1. The molecule has 0 fully saturated rings. The van der Waals surface area contributed by atoms with Gasteiger partial charge in [-0.15, -0.1) is 0 Å². The summed E-state index contributed by atoms with van der Waals surface area (Å²) in [7, 11) is 0. The fraction of sp³-hybridized carbons (Fsp3) is 0.250. The van der Waals surface area contributed by atoms with Gasteiger partial charge in [0.2, 0.25) is 0 Å². The number of halogens is 3. The van der Waals surface area contributed by atoms with Crippen molar-refractivity contribution < 1.29 is 23.1 Å². The third-order valence-corrected chi connectivity index (χ3v) is 1.70. The molecule has 15 heavy (non-hydrogen) atoms. The fourth-order valence-corrected chi connectivity index (χ4v) is 1.10. The molecule has 0 saturated carbocycles. The lowest BCUT2D eigenvalue weighted by Crippen LogP contribution is -2.15. The van der Waals surface area contributed by atoms with Gasteiger partial charge in [-0.3, -0.25) is 14.6 Å². The molecule has 0 aliphatic rings. The van der Waals surface area contributed by atoms with Crippen LogP contribution in [0.4, 0.5) is 13.2 Å². The van der Waals surface area contributed by atoms with Crippen molar-refractivity contribution in [3.05, 3.63) is 33.5 Å². The van der Waals surface area contributed by atoms with Crippen molar-refractivity contribution in [2.45, 2.75) is 12.8 Å². The standard InChI is InChI=1S/C8H6F3NO3/c9-7(10)3-1-5(13)12-8(11)4(3)2-6(14)15/h1,7H,2H2,(H,12,13)(H,14,15). The Hall–Kier alpha value is -1.79. The molecule has 7 heteroatoms. The zero-order chi connectivity index (χ0) is 11.6. The van der Waals surface area contributed by atoms with Crippen LogP contribution in [-0.4, -0.2) is 16.1 Å². The molecule has 0 atom stereocenters. The third-order valence-electron chi connectivity index (χ3n) is 1.70. The van der Waals surface area contributed by atoms with Crippen LogP contribution in [0.1, 0.15) is 17.6 Å². The summed E-state index contributed by atoms with van der Waals surface area (Å²) in [6.45, 7) is 0. The number of nitrogens with one attached hydrogen (secondary N) is 1. The summed E-state index contributed by atoms with van der Waals surface area (Å²) in [5.41, 5.74) is -2.62. The summed E-state index contributed by atoms with van der Waals surface area (Å²) in [6, 6.07) is 0.492. The number of pyridine rings is 1. The molecule has 0 spiro atoms. The van der Waals surface area contributed by atoms with Gasteiger partial charge in [0.05, 0.1) is 6.42 Å². The molecule has 0 unspecified atom stereocenters. The van der Waals surface area contributed by atoms with Gasteiger partial charge in [0.1, 0.15) is 0 Å². The second-order valence-corrected chi connectivity index (χ2v) is 2.75. The van der Waals surface area contributed by atoms with Crippen molar-refractivity contribution in [2.75, 3.05) is 0 Å². The van der Waals surface area contributed by atoms with E-state index >= 15 is 0 Å². The molecule has 0 saturated heterocycles. The number of hydrogen-bond acceptors (Lipinski definition) is 2. The van der Waals surface area contributed by atoms with E-state index in [1.807, 2.05) is 0 Å². The van der Waals surface area contributed by atoms with Gasteiger partial charge < -0.3 is 5.11 Å². The minimum absolute atomic E-state index is 0.492. The van der Waals surface area contributed by atoms with Crippen LogP contribution >= 0.6 is 0 Å². The maximum Gasteiger partial charge on any atom is 0.308 e. The van der Waals surface area contributed by atoms with Crippen LogP contribution < -0.4 is 5.56 Å². The molecule has 0 aromatic carbocycles. The lowest BCUT2D eigenvalue weighted by Gasteiger charge is -2.06. The Morgan fingerprint density at radius 1 is 1.53 bits per heavy atom. The van der Waals surface area contributed by atoms with E-state index in [1.54, 1.807) is 4.98 Å². The SMILES string of the molecule is O=C(O)Cc1c(C(F)F)cc(=O)[nH]c1F. The van der Waals surface area contributed by atoms with E-state index in [-0.39, 0.29) is 0 Å². The predicted octanol–water partition coefficient (Wildman–Crippen LogP) is 1.08. The van der Waals surface area contributed by atoms with Crippen molar-refractivity contribution in [3.63, 3.8) is 0 Å². The molecule has 0 aliphatic carbocycles. The first kappa shape index (κ1) is 11.3. The largest absolute Gasteiger partial charge is 0.481 e. The Bertz CT molecular complexity index is 441. The number of aromatic amines is 1. The lowest BCUT2D eigenvalue weighted by atomic mass is 10.1. The van der Waals surface area contributed by atoms with Gasteiger partial charge in [-0.2, -0.15) is 4.39 Å². The van der Waals surface area contributed by atoms with E-state index in [1.165, 1.54) is 0 Å². The van der Waals surface area contributed by atoms with Gasteiger partial charge in [0.15, 0.2) is 5.95 Å². The van der Waals surface area contributed by atoms with E-state index in [4.69, 9.17) is 5.11 Å². The summed E-state index contributed by atoms with van der Waals surface area (Å²) in [6.07, 6.45) is -3.99. The molecule has 1 heterocycles. The molecule has 82 valence electrons. The summed E-state index contributed by atoms with van der Waals surface area (Å²) in [4.78, 5) is 22.6. The smallest absolute Gasteiger partial charge is 0.308 e. The van der Waals surface area contributed by atoms with E-state index in [2.05, 4.69) is 0 Å². The van der Waals surface area contributed by atoms with Crippen molar-refractivity contribution in [3.8, 4) is 0 Å². The Morgan fingerprint density at radius 2 is 2.13 bits per heavy atom. The second-order valence-electron chi connectivity index (χ2n) is 2.75. The Labute approximate surface area is 81.4 Å². The van der Waals surface area contributed by atoms with Crippen LogP contribution in [0, 0.1) is 5.95 Å². The summed E-state index contributed by atoms with van der Waals surface area (Å²) in [5, 5.41) is 8.36. The van der Waals surface area contributed by atoms with Crippen LogP contribution in [0.25, 0.3) is 0 Å². The van der Waals surface area contributed by atoms with Crippen LogP contribution in [0.2, 0.25) is 0 Å². The molecule has 1 rings (SSSR count). The number of H-pyrrole nitrogens is 1. The number of hydrogen-bond donors (Lipinski definition) is 2. The first-order valence-corrected chi connectivity index (χ1v) is 3.83. The van der Waals surface area contributed by atoms with E-state index in [0.29, 0.717) is 6.07 Å². The van der Waals surface area contributed by atoms with Gasteiger partial charge in [0.25, 0.3) is 12.0 Å². The number of carboxylic acid groups (broad SMARTS) is 1. The van der Waals surface area contributed by atoms with Crippen LogP contribution in [0.5, 0.6) is 0 Å². The molecule has 1 aromatic heterocycles. The Morgan fingerprint density at radius 3 is 2.60 bits per heavy atom. The Kier molecular flexibility index (Phi) is 3.13. The summed E-state index contributed by atoms with van der Waals surface area (Å²) in [5.74, 6) is -2.79. The average molecular weight is 221 g/mol. The highest BCUT2D eigenvalue weighted by molar-refractivity contribution is 5.70. The Balaban J connectivity index is 3.33. The molecule has 0 amide bonds. The van der Waals surface area contributed by atoms with Crippen LogP contribution in [0.15, 0.2) is 10.9 Å². The topological polar surface area (TPSA) is 70.2 Å². The number of aromatic nitrogens is 1. The highest BCUT2D eigenvalue weighted by Gasteiger charge is 2.20. The first-order chi connectivity index (χ1) is 6.91. The van der Waals surface area contributed by atoms with E-state index < -0.39 is 41.4 Å². The maximum absolute atomic E-state index is 13.0. The predicted molar refractivity (Wildman–Crippen MR) is 43.3 cm³/mol. The minimum Gasteiger partial charge on any atom is -0.481 e. The van der Waals surface area contributed by atoms with Crippen molar-refractivity contribution in [1.29, 1.82) is 0 Å². The summed E-state index contributed by atoms with van der Waals surface area (Å²) >= 11 is 0. The minimum atomic E-state index is -3.09. The third kappa shape index (κ3) is 2.58. The van der Waals surface area contributed by atoms with Crippen LogP contribution in [-0.2, 0) is 11.2 Å². The molecular formula is C8H6F3NO3. The van der Waals surface area contributed by atoms with Crippen molar-refractivity contribution in [1.82, 2.24) is 4.98 Å². The van der Waals surface area contributed by atoms with Crippen LogP contribution in [0.3, 0.4) is 0 Å². The average Bonchev–Trinajstić information content (AvgIpc) is 2.08. The van der Waals surface area contributed by atoms with Crippen molar-refractivity contribution in [2.24, 2.45) is 0 Å². The molecular weight excluding hydrogens is 215 g/mol. The quantitative estimate of drug-likeness (QED) is 0.750. The lowest BCUT2D eigenvalue weighted by molar-refractivity contribution is -0.136. The monoisotopic (exact) mass is 221 g/mol. The number of aliphatic carboxylic acids is 1. The second kappa shape index (κ2) is 4.16. The highest BCUT2D eigenvalue weighted by Crippen LogP contribution is 2.22. The molecule has 2 N–H and O–H groups in total. The number of alkyl halides is 2. The molecule has 1 aromatic rings. The highest BCUT2D eigenvalue weighted by atomic mass is 19.3. The van der Waals surface area contributed by atoms with Gasteiger partial charge in [-0.05, 0) is 0 Å². The zero-order valence-electron chi connectivity index (χ0n) is 7.26. The zero-order valence-corrected chi connectivity index (χ0v) is 7.26. The number of rotatable bonds is 3. The normalized spacial score (nSPS) is 10.7. The fourth-order valence-electron chi connectivity index (χ4n) is 1.10.